The molecule has 100 valence electrons. The first-order valence-corrected chi connectivity index (χ1v) is 6.10. The standard InChI is InChI=1S/C15H17NO3/c1-15(2,14(18)19)16-9-12-11-6-4-3-5-10(11)7-8-13(12)17/h3-8,16-17H,9H2,1-2H3,(H,18,19). The lowest BCUT2D eigenvalue weighted by molar-refractivity contribution is -0.143. The van der Waals surface area contributed by atoms with Gasteiger partial charge in [0.25, 0.3) is 0 Å². The van der Waals surface area contributed by atoms with Crippen LogP contribution < -0.4 is 5.32 Å². The number of phenols is 1. The van der Waals surface area contributed by atoms with Crippen molar-refractivity contribution < 1.29 is 15.0 Å². The molecule has 0 spiro atoms. The molecular weight excluding hydrogens is 242 g/mol. The van der Waals surface area contributed by atoms with Gasteiger partial charge in [-0.05, 0) is 30.7 Å². The van der Waals surface area contributed by atoms with E-state index in [4.69, 9.17) is 5.11 Å². The minimum absolute atomic E-state index is 0.174. The fraction of sp³-hybridized carbons (Fsp3) is 0.267. The van der Waals surface area contributed by atoms with Gasteiger partial charge in [0.2, 0.25) is 0 Å². The molecule has 0 aliphatic carbocycles. The number of hydrogen-bond acceptors (Lipinski definition) is 3. The van der Waals surface area contributed by atoms with Gasteiger partial charge < -0.3 is 10.2 Å². The molecule has 0 unspecified atom stereocenters. The van der Waals surface area contributed by atoms with Crippen LogP contribution in [-0.4, -0.2) is 21.7 Å². The van der Waals surface area contributed by atoms with E-state index in [0.717, 1.165) is 10.8 Å². The summed E-state index contributed by atoms with van der Waals surface area (Å²) in [6, 6.07) is 11.2. The van der Waals surface area contributed by atoms with Gasteiger partial charge in [-0.3, -0.25) is 10.1 Å². The molecule has 0 aromatic heterocycles. The second kappa shape index (κ2) is 4.90. The van der Waals surface area contributed by atoms with E-state index in [9.17, 15) is 9.90 Å². The molecular formula is C15H17NO3. The smallest absolute Gasteiger partial charge is 0.323 e. The van der Waals surface area contributed by atoms with Crippen molar-refractivity contribution in [1.29, 1.82) is 0 Å². The Balaban J connectivity index is 2.35. The fourth-order valence-electron chi connectivity index (χ4n) is 1.90. The maximum atomic E-state index is 11.1. The number of aromatic hydroxyl groups is 1. The van der Waals surface area contributed by atoms with Gasteiger partial charge in [0.15, 0.2) is 0 Å². The Morgan fingerprint density at radius 1 is 1.21 bits per heavy atom. The Morgan fingerprint density at radius 2 is 1.89 bits per heavy atom. The summed E-state index contributed by atoms with van der Waals surface area (Å²) in [4.78, 5) is 11.1. The monoisotopic (exact) mass is 259 g/mol. The number of carboxylic acids is 1. The molecule has 0 atom stereocenters. The molecule has 2 aromatic carbocycles. The number of carboxylic acid groups (broad SMARTS) is 1. The highest BCUT2D eigenvalue weighted by Crippen LogP contribution is 2.27. The fourth-order valence-corrected chi connectivity index (χ4v) is 1.90. The maximum absolute atomic E-state index is 11.1. The third-order valence-corrected chi connectivity index (χ3v) is 3.26. The molecule has 0 fully saturated rings. The van der Waals surface area contributed by atoms with E-state index >= 15 is 0 Å². The van der Waals surface area contributed by atoms with Crippen LogP contribution in [0.1, 0.15) is 19.4 Å². The molecule has 0 heterocycles. The maximum Gasteiger partial charge on any atom is 0.323 e. The quantitative estimate of drug-likeness (QED) is 0.789. The van der Waals surface area contributed by atoms with Crippen molar-refractivity contribution in [3.05, 3.63) is 42.0 Å². The van der Waals surface area contributed by atoms with Crippen LogP contribution in [0.4, 0.5) is 0 Å². The molecule has 4 heteroatoms. The van der Waals surface area contributed by atoms with Crippen molar-refractivity contribution in [2.45, 2.75) is 25.9 Å². The lowest BCUT2D eigenvalue weighted by Crippen LogP contribution is -2.46. The predicted molar refractivity (Wildman–Crippen MR) is 74.2 cm³/mol. The number of benzene rings is 2. The summed E-state index contributed by atoms with van der Waals surface area (Å²) in [6.07, 6.45) is 0. The number of phenolic OH excluding ortho intramolecular Hbond substituents is 1. The van der Waals surface area contributed by atoms with Crippen molar-refractivity contribution in [1.82, 2.24) is 5.32 Å². The summed E-state index contributed by atoms with van der Waals surface area (Å²) in [5.74, 6) is -0.750. The van der Waals surface area contributed by atoms with E-state index in [1.54, 1.807) is 19.9 Å². The van der Waals surface area contributed by atoms with Gasteiger partial charge >= 0.3 is 5.97 Å². The number of hydrogen-bond donors (Lipinski definition) is 3. The van der Waals surface area contributed by atoms with Crippen LogP contribution in [-0.2, 0) is 11.3 Å². The molecule has 0 aliphatic heterocycles. The molecule has 4 nitrogen and oxygen atoms in total. The molecule has 0 bridgehead atoms. The van der Waals surface area contributed by atoms with Crippen molar-refractivity contribution in [3.63, 3.8) is 0 Å². The normalized spacial score (nSPS) is 11.7. The number of aliphatic carboxylic acids is 1. The van der Waals surface area contributed by atoms with Crippen LogP contribution in [0.5, 0.6) is 5.75 Å². The van der Waals surface area contributed by atoms with Gasteiger partial charge in [-0.15, -0.1) is 0 Å². The van der Waals surface area contributed by atoms with Gasteiger partial charge in [0.1, 0.15) is 11.3 Å². The van der Waals surface area contributed by atoms with Crippen molar-refractivity contribution >= 4 is 16.7 Å². The third-order valence-electron chi connectivity index (χ3n) is 3.26. The highest BCUT2D eigenvalue weighted by atomic mass is 16.4. The first-order valence-electron chi connectivity index (χ1n) is 6.10. The molecule has 0 saturated heterocycles. The van der Waals surface area contributed by atoms with Crippen LogP contribution in [0.15, 0.2) is 36.4 Å². The zero-order valence-corrected chi connectivity index (χ0v) is 11.0. The number of carbonyl (C=O) groups is 1. The second-order valence-electron chi connectivity index (χ2n) is 5.07. The summed E-state index contributed by atoms with van der Waals surface area (Å²) in [5, 5.41) is 23.9. The zero-order valence-electron chi connectivity index (χ0n) is 11.0. The lowest BCUT2D eigenvalue weighted by Gasteiger charge is -2.22. The van der Waals surface area contributed by atoms with Crippen LogP contribution in [0, 0.1) is 0 Å². The van der Waals surface area contributed by atoms with Crippen molar-refractivity contribution in [2.24, 2.45) is 0 Å². The average Bonchev–Trinajstić information content (AvgIpc) is 2.37. The Labute approximate surface area is 111 Å². The van der Waals surface area contributed by atoms with E-state index in [1.807, 2.05) is 30.3 Å². The van der Waals surface area contributed by atoms with Gasteiger partial charge in [0, 0.05) is 12.1 Å². The van der Waals surface area contributed by atoms with E-state index in [1.165, 1.54) is 0 Å². The van der Waals surface area contributed by atoms with Gasteiger partial charge in [0.05, 0.1) is 0 Å². The minimum atomic E-state index is -1.04. The molecule has 0 amide bonds. The second-order valence-corrected chi connectivity index (χ2v) is 5.07. The van der Waals surface area contributed by atoms with Crippen molar-refractivity contribution in [2.75, 3.05) is 0 Å². The minimum Gasteiger partial charge on any atom is -0.508 e. The first kappa shape index (κ1) is 13.4. The highest BCUT2D eigenvalue weighted by molar-refractivity contribution is 5.87. The van der Waals surface area contributed by atoms with Crippen LogP contribution in [0.2, 0.25) is 0 Å². The Morgan fingerprint density at radius 3 is 2.58 bits per heavy atom. The molecule has 2 aromatic rings. The largest absolute Gasteiger partial charge is 0.508 e. The molecule has 2 rings (SSSR count). The van der Waals surface area contributed by atoms with Gasteiger partial charge in [-0.25, -0.2) is 0 Å². The van der Waals surface area contributed by atoms with Crippen LogP contribution >= 0.6 is 0 Å². The number of rotatable bonds is 4. The van der Waals surface area contributed by atoms with E-state index < -0.39 is 11.5 Å². The predicted octanol–water partition coefficient (Wildman–Crippen LogP) is 2.50. The van der Waals surface area contributed by atoms with Gasteiger partial charge in [-0.2, -0.15) is 0 Å². The van der Waals surface area contributed by atoms with Crippen LogP contribution in [0.3, 0.4) is 0 Å². The van der Waals surface area contributed by atoms with E-state index in [0.29, 0.717) is 12.1 Å². The summed E-state index contributed by atoms with van der Waals surface area (Å²) in [6.45, 7) is 3.49. The molecule has 19 heavy (non-hydrogen) atoms. The van der Waals surface area contributed by atoms with E-state index in [2.05, 4.69) is 5.32 Å². The molecule has 0 radical (unpaired) electrons. The third kappa shape index (κ3) is 2.69. The Kier molecular flexibility index (Phi) is 3.44. The SMILES string of the molecule is CC(C)(NCc1c(O)ccc2ccccc12)C(=O)O. The molecule has 0 aliphatic rings. The number of nitrogens with one attached hydrogen (secondary N) is 1. The number of fused-ring (bicyclic) bond motifs is 1. The average molecular weight is 259 g/mol. The lowest BCUT2D eigenvalue weighted by atomic mass is 10.0. The Hall–Kier alpha value is -2.07. The summed E-state index contributed by atoms with van der Waals surface area (Å²) < 4.78 is 0. The highest BCUT2D eigenvalue weighted by Gasteiger charge is 2.26. The molecule has 3 N–H and O–H groups in total. The summed E-state index contributed by atoms with van der Waals surface area (Å²) in [5.41, 5.74) is -0.323. The van der Waals surface area contributed by atoms with Crippen molar-refractivity contribution in [3.8, 4) is 5.75 Å². The zero-order chi connectivity index (χ0) is 14.0. The topological polar surface area (TPSA) is 69.6 Å². The van der Waals surface area contributed by atoms with E-state index in [-0.39, 0.29) is 5.75 Å². The first-order chi connectivity index (χ1) is 8.92. The summed E-state index contributed by atoms with van der Waals surface area (Å²) >= 11 is 0. The Bertz CT molecular complexity index is 620. The van der Waals surface area contributed by atoms with Gasteiger partial charge in [-0.1, -0.05) is 30.3 Å². The summed E-state index contributed by atoms with van der Waals surface area (Å²) in [7, 11) is 0. The molecule has 0 saturated carbocycles. The van der Waals surface area contributed by atoms with Crippen LogP contribution in [0.25, 0.3) is 10.8 Å².